The van der Waals surface area contributed by atoms with Crippen LogP contribution in [0.15, 0.2) is 41.3 Å². The highest BCUT2D eigenvalue weighted by Gasteiger charge is 2.14. The molecule has 1 N–H and O–H groups in total. The van der Waals surface area contributed by atoms with Gasteiger partial charge in [-0.3, -0.25) is 0 Å². The summed E-state index contributed by atoms with van der Waals surface area (Å²) >= 11 is 0. The van der Waals surface area contributed by atoms with Gasteiger partial charge in [0.25, 0.3) is 0 Å². The zero-order valence-corrected chi connectivity index (χ0v) is 14.9. The molecule has 0 unspecified atom stereocenters. The summed E-state index contributed by atoms with van der Waals surface area (Å²) in [5.41, 5.74) is 4.79. The minimum absolute atomic E-state index is 0.242. The molecule has 2 aromatic rings. The standard InChI is InChI=1S/C19H23NO3S/c1-14-6-9-19(12-15(14)2)24(21,22)20-10-11-23-18-8-7-16-4-3-5-17(16)13-18/h6-9,12-13,20H,3-5,10-11H2,1-2H3. The third-order valence-electron chi connectivity index (χ3n) is 4.52. The number of nitrogens with one attached hydrogen (secondary N) is 1. The van der Waals surface area contributed by atoms with Crippen LogP contribution >= 0.6 is 0 Å². The summed E-state index contributed by atoms with van der Waals surface area (Å²) in [6.45, 7) is 4.42. The van der Waals surface area contributed by atoms with E-state index in [-0.39, 0.29) is 6.54 Å². The Hall–Kier alpha value is -1.85. The normalized spacial score (nSPS) is 13.8. The van der Waals surface area contributed by atoms with Gasteiger partial charge in [0.1, 0.15) is 12.4 Å². The number of hydrogen-bond donors (Lipinski definition) is 1. The van der Waals surface area contributed by atoms with Crippen LogP contribution in [0.5, 0.6) is 5.75 Å². The maximum absolute atomic E-state index is 12.3. The molecule has 3 rings (SSSR count). The predicted octanol–water partition coefficient (Wildman–Crippen LogP) is 3.15. The summed E-state index contributed by atoms with van der Waals surface area (Å²) in [5, 5.41) is 0. The first-order chi connectivity index (χ1) is 11.5. The van der Waals surface area contributed by atoms with Crippen LogP contribution in [0, 0.1) is 13.8 Å². The van der Waals surface area contributed by atoms with Gasteiger partial charge in [-0.1, -0.05) is 12.1 Å². The highest BCUT2D eigenvalue weighted by atomic mass is 32.2. The number of ether oxygens (including phenoxy) is 1. The zero-order chi connectivity index (χ0) is 17.2. The average molecular weight is 345 g/mol. The van der Waals surface area contributed by atoms with E-state index in [0.29, 0.717) is 11.5 Å². The van der Waals surface area contributed by atoms with Gasteiger partial charge < -0.3 is 4.74 Å². The molecule has 0 spiro atoms. The van der Waals surface area contributed by atoms with Crippen LogP contribution in [-0.4, -0.2) is 21.6 Å². The Labute approximate surface area is 143 Å². The van der Waals surface area contributed by atoms with Crippen molar-refractivity contribution in [1.82, 2.24) is 4.72 Å². The Kier molecular flexibility index (Phi) is 4.92. The molecule has 0 atom stereocenters. The molecule has 5 heteroatoms. The second-order valence-corrected chi connectivity index (χ2v) is 8.04. The molecule has 0 amide bonds. The lowest BCUT2D eigenvalue weighted by Crippen LogP contribution is -2.28. The van der Waals surface area contributed by atoms with E-state index in [9.17, 15) is 8.42 Å². The van der Waals surface area contributed by atoms with E-state index in [1.807, 2.05) is 26.0 Å². The van der Waals surface area contributed by atoms with Crippen LogP contribution in [-0.2, 0) is 22.9 Å². The number of rotatable bonds is 6. The van der Waals surface area contributed by atoms with Crippen LogP contribution in [0.3, 0.4) is 0 Å². The third-order valence-corrected chi connectivity index (χ3v) is 5.98. The van der Waals surface area contributed by atoms with Crippen LogP contribution in [0.4, 0.5) is 0 Å². The van der Waals surface area contributed by atoms with Crippen LogP contribution in [0.2, 0.25) is 0 Å². The van der Waals surface area contributed by atoms with E-state index in [2.05, 4.69) is 16.9 Å². The average Bonchev–Trinajstić information content (AvgIpc) is 3.02. The van der Waals surface area contributed by atoms with E-state index >= 15 is 0 Å². The minimum Gasteiger partial charge on any atom is -0.492 e. The molecule has 1 aliphatic rings. The maximum atomic E-state index is 12.3. The van der Waals surface area contributed by atoms with Gasteiger partial charge in [0, 0.05) is 6.54 Å². The van der Waals surface area contributed by atoms with Crippen molar-refractivity contribution in [1.29, 1.82) is 0 Å². The second kappa shape index (κ2) is 6.95. The minimum atomic E-state index is -3.49. The first-order valence-corrected chi connectivity index (χ1v) is 9.75. The van der Waals surface area contributed by atoms with Crippen molar-refractivity contribution in [3.05, 3.63) is 58.7 Å². The van der Waals surface area contributed by atoms with Gasteiger partial charge in [-0.25, -0.2) is 13.1 Å². The van der Waals surface area contributed by atoms with Gasteiger partial charge in [0.2, 0.25) is 10.0 Å². The molecule has 1 aliphatic carbocycles. The summed E-state index contributed by atoms with van der Waals surface area (Å²) in [6.07, 6.45) is 3.45. The van der Waals surface area contributed by atoms with Crippen molar-refractivity contribution in [2.45, 2.75) is 38.0 Å². The molecule has 0 saturated heterocycles. The number of benzene rings is 2. The van der Waals surface area contributed by atoms with Crippen LogP contribution in [0.1, 0.15) is 28.7 Å². The van der Waals surface area contributed by atoms with E-state index in [4.69, 9.17) is 4.74 Å². The molecule has 4 nitrogen and oxygen atoms in total. The number of aryl methyl sites for hydroxylation is 4. The number of sulfonamides is 1. The molecule has 24 heavy (non-hydrogen) atoms. The molecule has 0 aliphatic heterocycles. The molecule has 2 aromatic carbocycles. The zero-order valence-electron chi connectivity index (χ0n) is 14.1. The van der Waals surface area contributed by atoms with Gasteiger partial charge >= 0.3 is 0 Å². The van der Waals surface area contributed by atoms with Crippen LogP contribution < -0.4 is 9.46 Å². The highest BCUT2D eigenvalue weighted by molar-refractivity contribution is 7.89. The SMILES string of the molecule is Cc1ccc(S(=O)(=O)NCCOc2ccc3c(c2)CCC3)cc1C. The summed E-state index contributed by atoms with van der Waals surface area (Å²) in [5.74, 6) is 0.807. The third kappa shape index (κ3) is 3.79. The fraction of sp³-hybridized carbons (Fsp3) is 0.368. The molecular weight excluding hydrogens is 322 g/mol. The molecule has 128 valence electrons. The lowest BCUT2D eigenvalue weighted by Gasteiger charge is -2.10. The Morgan fingerprint density at radius 2 is 1.79 bits per heavy atom. The van der Waals surface area contributed by atoms with E-state index < -0.39 is 10.0 Å². The Morgan fingerprint density at radius 1 is 1.00 bits per heavy atom. The van der Waals surface area contributed by atoms with E-state index in [1.54, 1.807) is 12.1 Å². The first kappa shape index (κ1) is 17.0. The van der Waals surface area contributed by atoms with Gasteiger partial charge in [0.15, 0.2) is 0 Å². The van der Waals surface area contributed by atoms with E-state index in [0.717, 1.165) is 29.7 Å². The van der Waals surface area contributed by atoms with Crippen molar-refractivity contribution in [2.24, 2.45) is 0 Å². The summed E-state index contributed by atoms with van der Waals surface area (Å²) in [6, 6.07) is 11.3. The predicted molar refractivity (Wildman–Crippen MR) is 95.1 cm³/mol. The van der Waals surface area contributed by atoms with Crippen molar-refractivity contribution < 1.29 is 13.2 Å². The molecule has 0 radical (unpaired) electrons. The van der Waals surface area contributed by atoms with Crippen LogP contribution in [0.25, 0.3) is 0 Å². The largest absolute Gasteiger partial charge is 0.492 e. The van der Waals surface area contributed by atoms with Gasteiger partial charge in [-0.2, -0.15) is 0 Å². The molecule has 0 aromatic heterocycles. The topological polar surface area (TPSA) is 55.4 Å². The first-order valence-electron chi connectivity index (χ1n) is 8.27. The fourth-order valence-corrected chi connectivity index (χ4v) is 4.05. The number of fused-ring (bicyclic) bond motifs is 1. The van der Waals surface area contributed by atoms with Crippen molar-refractivity contribution in [2.75, 3.05) is 13.2 Å². The van der Waals surface area contributed by atoms with Crippen molar-refractivity contribution in [3.63, 3.8) is 0 Å². The second-order valence-electron chi connectivity index (χ2n) is 6.28. The van der Waals surface area contributed by atoms with Crippen molar-refractivity contribution >= 4 is 10.0 Å². The lowest BCUT2D eigenvalue weighted by atomic mass is 10.1. The Bertz CT molecular complexity index is 844. The van der Waals surface area contributed by atoms with Crippen molar-refractivity contribution in [3.8, 4) is 5.75 Å². The molecule has 0 saturated carbocycles. The fourth-order valence-electron chi connectivity index (χ4n) is 2.95. The Balaban J connectivity index is 1.54. The summed E-state index contributed by atoms with van der Waals surface area (Å²) in [4.78, 5) is 0.295. The van der Waals surface area contributed by atoms with Gasteiger partial charge in [0.05, 0.1) is 4.90 Å². The number of hydrogen-bond acceptors (Lipinski definition) is 3. The smallest absolute Gasteiger partial charge is 0.240 e. The van der Waals surface area contributed by atoms with Gasteiger partial charge in [-0.05, 0) is 79.6 Å². The Morgan fingerprint density at radius 3 is 2.58 bits per heavy atom. The lowest BCUT2D eigenvalue weighted by molar-refractivity contribution is 0.322. The molecule has 0 heterocycles. The quantitative estimate of drug-likeness (QED) is 0.818. The maximum Gasteiger partial charge on any atom is 0.240 e. The molecular formula is C19H23NO3S. The summed E-state index contributed by atoms with van der Waals surface area (Å²) in [7, 11) is -3.49. The molecule has 0 fully saturated rings. The monoisotopic (exact) mass is 345 g/mol. The summed E-state index contributed by atoms with van der Waals surface area (Å²) < 4.78 is 32.9. The van der Waals surface area contributed by atoms with Gasteiger partial charge in [-0.15, -0.1) is 0 Å². The van der Waals surface area contributed by atoms with E-state index in [1.165, 1.54) is 17.5 Å². The highest BCUT2D eigenvalue weighted by Crippen LogP contribution is 2.25. The molecule has 0 bridgehead atoms.